The highest BCUT2D eigenvalue weighted by Gasteiger charge is 2.57. The highest BCUT2D eigenvalue weighted by molar-refractivity contribution is 6.09. The molecule has 0 aliphatic carbocycles. The molecule has 5 N–H and O–H groups in total. The maximum absolute atomic E-state index is 4.04. The number of fused-ring (bicyclic) bond motifs is 3. The van der Waals surface area contributed by atoms with Crippen LogP contribution in [-0.4, -0.2) is 10.6 Å². The van der Waals surface area contributed by atoms with E-state index in [0.29, 0.717) is 0 Å². The van der Waals surface area contributed by atoms with Gasteiger partial charge in [0.2, 0.25) is 0 Å². The van der Waals surface area contributed by atoms with Gasteiger partial charge >= 0.3 is 0 Å². The van der Waals surface area contributed by atoms with Crippen molar-refractivity contribution in [3.8, 4) is 5.69 Å². The van der Waals surface area contributed by atoms with Crippen molar-refractivity contribution in [3.63, 3.8) is 0 Å². The minimum Gasteiger partial charge on any atom is -0.309 e. The maximum Gasteiger partial charge on any atom is 0.0894 e. The van der Waals surface area contributed by atoms with Crippen molar-refractivity contribution >= 4 is 21.8 Å². The monoisotopic (exact) mass is 470 g/mol. The molecule has 4 nitrogen and oxygen atoms in total. The van der Waals surface area contributed by atoms with Crippen LogP contribution in [0, 0.1) is 0 Å². The molecule has 0 amide bonds. The van der Waals surface area contributed by atoms with Crippen LogP contribution in [0.1, 0.15) is 11.1 Å². The van der Waals surface area contributed by atoms with Crippen molar-refractivity contribution in [2.24, 2.45) is 11.7 Å². The van der Waals surface area contributed by atoms with Crippen molar-refractivity contribution < 1.29 is 0 Å². The van der Waals surface area contributed by atoms with Gasteiger partial charge in [0.05, 0.1) is 22.6 Å². The summed E-state index contributed by atoms with van der Waals surface area (Å²) < 4.78 is 2.36. The fourth-order valence-corrected chi connectivity index (χ4v) is 5.38. The lowest BCUT2D eigenvalue weighted by Crippen LogP contribution is -2.17. The summed E-state index contributed by atoms with van der Waals surface area (Å²) in [6, 6.07) is 37.0. The quantitative estimate of drug-likeness (QED) is 0.121. The molecule has 1 fully saturated rings. The van der Waals surface area contributed by atoms with Gasteiger partial charge in [0.25, 0.3) is 0 Å². The van der Waals surface area contributed by atoms with Gasteiger partial charge in [-0.1, -0.05) is 110 Å². The Morgan fingerprint density at radius 1 is 0.722 bits per heavy atom. The average Bonchev–Trinajstić information content (AvgIpc) is 3.62. The van der Waals surface area contributed by atoms with Gasteiger partial charge in [-0.15, -0.1) is 0 Å². The maximum atomic E-state index is 4.04. The minimum absolute atomic E-state index is 0.157. The molecular weight excluding hydrogens is 440 g/mol. The standard InChI is InChI=1S/C32H26N2.H4N2/c1-3-12-23(4-2)31-32(33-31,24-13-6-5-7-14-24)25-19-21-26(22-20-25)34-29-17-10-8-15-27(29)28-16-9-11-18-30(28)34;1-2/h3-22,31,33H,1-2H2;1-2H2/b23-12+;. The highest BCUT2D eigenvalue weighted by Crippen LogP contribution is 2.48. The lowest BCUT2D eigenvalue weighted by atomic mass is 9.85. The van der Waals surface area contributed by atoms with Crippen molar-refractivity contribution in [3.05, 3.63) is 151 Å². The largest absolute Gasteiger partial charge is 0.309 e. The molecule has 4 heteroatoms. The van der Waals surface area contributed by atoms with Crippen molar-refractivity contribution in [2.45, 2.75) is 11.6 Å². The van der Waals surface area contributed by atoms with Crippen molar-refractivity contribution in [2.75, 3.05) is 0 Å². The molecule has 2 unspecified atom stereocenters. The first kappa shape index (κ1) is 23.5. The third-order valence-electron chi connectivity index (χ3n) is 6.99. The third kappa shape index (κ3) is 3.69. The van der Waals surface area contributed by atoms with Gasteiger partial charge in [0.1, 0.15) is 0 Å². The second-order valence-electron chi connectivity index (χ2n) is 8.77. The molecule has 0 bridgehead atoms. The Morgan fingerprint density at radius 3 is 1.81 bits per heavy atom. The Bertz CT molecular complexity index is 1510. The lowest BCUT2D eigenvalue weighted by Gasteiger charge is -2.18. The van der Waals surface area contributed by atoms with E-state index in [2.05, 4.69) is 138 Å². The van der Waals surface area contributed by atoms with Crippen LogP contribution in [-0.2, 0) is 5.54 Å². The minimum atomic E-state index is -0.274. The third-order valence-corrected chi connectivity index (χ3v) is 6.99. The second-order valence-corrected chi connectivity index (χ2v) is 8.77. The average molecular weight is 471 g/mol. The number of aromatic nitrogens is 1. The molecule has 6 rings (SSSR count). The SMILES string of the molecule is C=C/C=C(\C=C)C1NC1(c1ccccc1)c1ccc(-n2c3ccccc3c3ccccc32)cc1.NN. The molecule has 5 aromatic rings. The molecule has 1 aromatic heterocycles. The molecule has 36 heavy (non-hydrogen) atoms. The fourth-order valence-electron chi connectivity index (χ4n) is 5.38. The second kappa shape index (κ2) is 9.80. The van der Waals surface area contributed by atoms with Crippen molar-refractivity contribution in [1.29, 1.82) is 0 Å². The van der Waals surface area contributed by atoms with E-state index in [1.165, 1.54) is 32.9 Å². The summed E-state index contributed by atoms with van der Waals surface area (Å²) in [5, 5.41) is 6.32. The number of rotatable bonds is 6. The Morgan fingerprint density at radius 2 is 1.25 bits per heavy atom. The van der Waals surface area contributed by atoms with E-state index >= 15 is 0 Å². The number of hydrogen-bond donors (Lipinski definition) is 3. The molecule has 1 aliphatic heterocycles. The van der Waals surface area contributed by atoms with E-state index in [1.807, 2.05) is 18.2 Å². The molecule has 0 radical (unpaired) electrons. The Kier molecular flexibility index (Phi) is 6.40. The summed E-state index contributed by atoms with van der Waals surface area (Å²) in [5.41, 5.74) is 6.96. The molecule has 0 spiro atoms. The van der Waals surface area contributed by atoms with Crippen LogP contribution in [0.4, 0.5) is 0 Å². The zero-order chi connectivity index (χ0) is 25.1. The summed E-state index contributed by atoms with van der Waals surface area (Å²) in [5.74, 6) is 8.00. The fraction of sp³-hybridized carbons (Fsp3) is 0.0625. The van der Waals surface area contributed by atoms with Crippen molar-refractivity contribution in [1.82, 2.24) is 9.88 Å². The van der Waals surface area contributed by atoms with Crippen LogP contribution in [0.5, 0.6) is 0 Å². The number of para-hydroxylation sites is 2. The molecule has 1 saturated heterocycles. The smallest absolute Gasteiger partial charge is 0.0894 e. The molecule has 178 valence electrons. The van der Waals surface area contributed by atoms with Gasteiger partial charge in [0.15, 0.2) is 0 Å². The van der Waals surface area contributed by atoms with Gasteiger partial charge in [-0.3, -0.25) is 17.0 Å². The van der Waals surface area contributed by atoms with Crippen LogP contribution >= 0.6 is 0 Å². The first-order valence-electron chi connectivity index (χ1n) is 12.0. The predicted molar refractivity (Wildman–Crippen MR) is 152 cm³/mol. The molecular formula is C32H30N4. The number of hydrogen-bond acceptors (Lipinski definition) is 3. The zero-order valence-corrected chi connectivity index (χ0v) is 20.1. The summed E-state index contributed by atoms with van der Waals surface area (Å²) in [6.45, 7) is 7.93. The van der Waals surface area contributed by atoms with E-state index in [9.17, 15) is 0 Å². The van der Waals surface area contributed by atoms with E-state index < -0.39 is 0 Å². The lowest BCUT2D eigenvalue weighted by molar-refractivity contribution is 0.799. The van der Waals surface area contributed by atoms with Crippen LogP contribution in [0.15, 0.2) is 140 Å². The molecule has 2 heterocycles. The number of nitrogens with zero attached hydrogens (tertiary/aromatic N) is 1. The van der Waals surface area contributed by atoms with Gasteiger partial charge in [0, 0.05) is 16.5 Å². The van der Waals surface area contributed by atoms with E-state index in [4.69, 9.17) is 0 Å². The zero-order valence-electron chi connectivity index (χ0n) is 20.1. The van der Waals surface area contributed by atoms with Crippen LogP contribution in [0.25, 0.3) is 27.5 Å². The number of nitrogens with one attached hydrogen (secondary N) is 1. The highest BCUT2D eigenvalue weighted by atomic mass is 15.2. The molecule has 0 saturated carbocycles. The van der Waals surface area contributed by atoms with Gasteiger partial charge in [-0.2, -0.15) is 0 Å². The van der Waals surface area contributed by atoms with Gasteiger partial charge < -0.3 is 4.57 Å². The number of hydrazine groups is 1. The van der Waals surface area contributed by atoms with E-state index in [1.54, 1.807) is 0 Å². The van der Waals surface area contributed by atoms with Crippen LogP contribution in [0.3, 0.4) is 0 Å². The summed E-state index contributed by atoms with van der Waals surface area (Å²) in [6.07, 6.45) is 5.80. The first-order chi connectivity index (χ1) is 17.8. The Hall–Kier alpha value is -4.22. The van der Waals surface area contributed by atoms with Crippen LogP contribution in [0.2, 0.25) is 0 Å². The number of allylic oxidation sites excluding steroid dienone is 2. The summed E-state index contributed by atoms with van der Waals surface area (Å²) in [7, 11) is 0. The van der Waals surface area contributed by atoms with E-state index in [-0.39, 0.29) is 11.6 Å². The Balaban J connectivity index is 0.00000130. The molecule has 4 aromatic carbocycles. The molecule has 2 atom stereocenters. The predicted octanol–water partition coefficient (Wildman–Crippen LogP) is 6.12. The Labute approximate surface area is 211 Å². The molecule has 1 aliphatic rings. The number of nitrogens with two attached hydrogens (primary N) is 2. The van der Waals surface area contributed by atoms with E-state index in [0.717, 1.165) is 11.3 Å². The summed E-state index contributed by atoms with van der Waals surface area (Å²) in [4.78, 5) is 0. The van der Waals surface area contributed by atoms with Gasteiger partial charge in [-0.05, 0) is 41.0 Å². The van der Waals surface area contributed by atoms with Gasteiger partial charge in [-0.25, -0.2) is 0 Å². The topological polar surface area (TPSA) is 78.9 Å². The normalized spacial score (nSPS) is 18.9. The first-order valence-corrected chi connectivity index (χ1v) is 12.0. The van der Waals surface area contributed by atoms with Crippen LogP contribution < -0.4 is 17.0 Å². The summed E-state index contributed by atoms with van der Waals surface area (Å²) >= 11 is 0. The number of benzene rings is 4.